The van der Waals surface area contributed by atoms with Crippen LogP contribution >= 0.6 is 34.1 Å². The maximum absolute atomic E-state index is 4.93. The molecule has 0 N–H and O–H groups in total. The number of halogens is 4. The third-order valence-corrected chi connectivity index (χ3v) is 15.9. The Bertz CT molecular complexity index is 1190. The first kappa shape index (κ1) is 56.0. The summed E-state index contributed by atoms with van der Waals surface area (Å²) in [4.78, 5) is 0. The van der Waals surface area contributed by atoms with Gasteiger partial charge in [0.2, 0.25) is 0 Å². The van der Waals surface area contributed by atoms with Gasteiger partial charge < -0.3 is 29.7 Å². The van der Waals surface area contributed by atoms with E-state index in [1.54, 1.807) is 25.7 Å². The second kappa shape index (κ2) is 30.9. The second-order valence-electron chi connectivity index (χ2n) is 18.4. The van der Waals surface area contributed by atoms with Gasteiger partial charge in [0.1, 0.15) is 0 Å². The van der Waals surface area contributed by atoms with Gasteiger partial charge in [-0.2, -0.15) is 0 Å². The summed E-state index contributed by atoms with van der Waals surface area (Å²) in [6, 6.07) is 0. The fourth-order valence-electron chi connectivity index (χ4n) is 13.1. The molecule has 6 saturated carbocycles. The molecule has 328 valence electrons. The molecular formula is C53H80Cl4Zr2. The third-order valence-electron chi connectivity index (χ3n) is 15.9. The average molecular weight is 1040 g/mol. The molecular weight excluding hydrogens is 961 g/mol. The topological polar surface area (TPSA) is 0 Å². The molecule has 0 aromatic carbocycles. The molecule has 10 aliphatic carbocycles. The fourth-order valence-corrected chi connectivity index (χ4v) is 13.1. The van der Waals surface area contributed by atoms with Crippen LogP contribution in [0.2, 0.25) is 0 Å². The first-order chi connectivity index (χ1) is 27.1. The summed E-state index contributed by atoms with van der Waals surface area (Å²) in [7, 11) is 19.7. The molecule has 0 nitrogen and oxygen atoms in total. The van der Waals surface area contributed by atoms with Gasteiger partial charge in [0, 0.05) is 0 Å². The van der Waals surface area contributed by atoms with E-state index in [0.717, 1.165) is 71.0 Å². The Morgan fingerprint density at radius 1 is 0.305 bits per heavy atom. The zero-order valence-electron chi connectivity index (χ0n) is 37.3. The van der Waals surface area contributed by atoms with Gasteiger partial charge in [-0.15, -0.1) is 0 Å². The predicted molar refractivity (Wildman–Crippen MR) is 259 cm³/mol. The Hall–Kier alpha value is 0.846. The SMILES string of the molecule is C1=CC2CCC(CCC3CCC4C=CC=CC43)C2C=C1.C1=CC2CCC(CCC3CCC4C=CC=CC43)C2C=C1.C1CCC2CCCC2C1.[CH3-].[CH3-].[CH3-].[CH3-].[Cl][Zr+2][Cl].[Cl][Zr+2][Cl]. The van der Waals surface area contributed by atoms with Crippen molar-refractivity contribution in [1.82, 2.24) is 0 Å². The Balaban J connectivity index is 0.000000290. The Morgan fingerprint density at radius 3 is 0.780 bits per heavy atom. The molecule has 0 aliphatic heterocycles. The van der Waals surface area contributed by atoms with E-state index >= 15 is 0 Å². The van der Waals surface area contributed by atoms with Gasteiger partial charge in [0.15, 0.2) is 0 Å². The van der Waals surface area contributed by atoms with Crippen LogP contribution < -0.4 is 0 Å². The van der Waals surface area contributed by atoms with Crippen molar-refractivity contribution in [2.75, 3.05) is 0 Å². The summed E-state index contributed by atoms with van der Waals surface area (Å²) in [5.74, 6) is 13.1. The quantitative estimate of drug-likeness (QED) is 0.233. The number of rotatable bonds is 6. The van der Waals surface area contributed by atoms with E-state index in [2.05, 4.69) is 97.2 Å². The van der Waals surface area contributed by atoms with Crippen LogP contribution in [-0.2, 0) is 41.7 Å². The molecule has 6 heteroatoms. The van der Waals surface area contributed by atoms with E-state index in [-0.39, 0.29) is 29.7 Å². The van der Waals surface area contributed by atoms with E-state index in [4.69, 9.17) is 34.1 Å². The molecule has 0 amide bonds. The van der Waals surface area contributed by atoms with Gasteiger partial charge in [0.25, 0.3) is 0 Å². The van der Waals surface area contributed by atoms with Crippen LogP contribution in [0.15, 0.2) is 97.2 Å². The minimum absolute atomic E-state index is 0. The van der Waals surface area contributed by atoms with E-state index < -0.39 is 41.7 Å². The molecule has 59 heavy (non-hydrogen) atoms. The molecule has 0 spiro atoms. The molecule has 0 aromatic rings. The number of hydrogen-bond acceptors (Lipinski definition) is 0. The Labute approximate surface area is 403 Å². The van der Waals surface area contributed by atoms with E-state index in [1.165, 1.54) is 108 Å². The number of fused-ring (bicyclic) bond motifs is 5. The van der Waals surface area contributed by atoms with Crippen LogP contribution in [-0.4, -0.2) is 0 Å². The summed E-state index contributed by atoms with van der Waals surface area (Å²) < 4.78 is 0. The molecule has 0 radical (unpaired) electrons. The molecule has 0 aromatic heterocycles. The zero-order chi connectivity index (χ0) is 38.2. The Morgan fingerprint density at radius 2 is 0.525 bits per heavy atom. The van der Waals surface area contributed by atoms with Crippen LogP contribution in [0.4, 0.5) is 0 Å². The first-order valence-corrected chi connectivity index (χ1v) is 35.1. The van der Waals surface area contributed by atoms with Gasteiger partial charge >= 0.3 is 75.7 Å². The van der Waals surface area contributed by atoms with E-state index in [9.17, 15) is 0 Å². The van der Waals surface area contributed by atoms with Gasteiger partial charge in [-0.1, -0.05) is 142 Å². The van der Waals surface area contributed by atoms with Crippen molar-refractivity contribution < 1.29 is 41.7 Å². The van der Waals surface area contributed by atoms with E-state index in [0.29, 0.717) is 0 Å². The predicted octanol–water partition coefficient (Wildman–Crippen LogP) is 18.1. The molecule has 14 atom stereocenters. The monoisotopic (exact) mass is 1040 g/mol. The van der Waals surface area contributed by atoms with Gasteiger partial charge in [-0.3, -0.25) is 0 Å². The second-order valence-corrected chi connectivity index (χ2v) is 25.9. The van der Waals surface area contributed by atoms with Crippen molar-refractivity contribution in [2.24, 2.45) is 82.9 Å². The van der Waals surface area contributed by atoms with Crippen molar-refractivity contribution in [3.8, 4) is 0 Å². The summed E-state index contributed by atoms with van der Waals surface area (Å²) in [5, 5.41) is 0. The summed E-state index contributed by atoms with van der Waals surface area (Å²) in [6.45, 7) is 0. The molecule has 10 aliphatic rings. The Kier molecular flexibility index (Phi) is 29.3. The fraction of sp³-hybridized carbons (Fsp3) is 0.623. The third kappa shape index (κ3) is 16.3. The van der Waals surface area contributed by atoms with Crippen molar-refractivity contribution in [1.29, 1.82) is 0 Å². The van der Waals surface area contributed by atoms with Crippen LogP contribution in [0.5, 0.6) is 0 Å². The van der Waals surface area contributed by atoms with Crippen molar-refractivity contribution in [2.45, 2.75) is 122 Å². The normalized spacial score (nSPS) is 37.2. The van der Waals surface area contributed by atoms with Crippen molar-refractivity contribution >= 4 is 34.1 Å². The van der Waals surface area contributed by atoms with E-state index in [1.807, 2.05) is 0 Å². The average Bonchev–Trinajstić information content (AvgIpc) is 4.08. The number of allylic oxidation sites excluding steroid dienone is 16. The summed E-state index contributed by atoms with van der Waals surface area (Å²) in [5.41, 5.74) is 0. The van der Waals surface area contributed by atoms with Crippen LogP contribution in [0, 0.1) is 113 Å². The summed E-state index contributed by atoms with van der Waals surface area (Å²) in [6.07, 6.45) is 66.1. The van der Waals surface area contributed by atoms with Crippen LogP contribution in [0.1, 0.15) is 122 Å². The van der Waals surface area contributed by atoms with Crippen LogP contribution in [0.25, 0.3) is 0 Å². The molecule has 14 unspecified atom stereocenters. The maximum atomic E-state index is 4.93. The molecule has 0 bridgehead atoms. The summed E-state index contributed by atoms with van der Waals surface area (Å²) >= 11 is -1.65. The van der Waals surface area contributed by atoms with Crippen molar-refractivity contribution in [3.05, 3.63) is 127 Å². The molecule has 10 rings (SSSR count). The molecule has 6 fully saturated rings. The van der Waals surface area contributed by atoms with Gasteiger partial charge in [-0.25, -0.2) is 0 Å². The first-order valence-electron chi connectivity index (χ1n) is 22.5. The van der Waals surface area contributed by atoms with Gasteiger partial charge in [-0.05, 0) is 160 Å². The van der Waals surface area contributed by atoms with Crippen molar-refractivity contribution in [3.63, 3.8) is 0 Å². The van der Waals surface area contributed by atoms with Crippen LogP contribution in [0.3, 0.4) is 0 Å². The van der Waals surface area contributed by atoms with Gasteiger partial charge in [0.05, 0.1) is 0 Å². The number of hydrogen-bond donors (Lipinski definition) is 0. The molecule has 0 heterocycles. The molecule has 0 saturated heterocycles. The minimum atomic E-state index is -0.826. The zero-order valence-corrected chi connectivity index (χ0v) is 45.2. The standard InChI is InChI=1S/2C20H26.C9H16.4CH3.4ClH.2Zr/c2*1-3-7-19-15(5-1)9-11-17(19)13-14-18-12-10-16-6-2-4-8-20(16)18;1-2-5-9-7-3-6-8(9)4-1;;;;;;;;;;/h2*1-8,15-20H,9-14H2;8-9H,1-7H2;4*1H3;4*1H;;/q;;;4*-1;;;;;2*+4/p-4.